The van der Waals surface area contributed by atoms with Gasteiger partial charge in [0, 0.05) is 30.0 Å². The van der Waals surface area contributed by atoms with Gasteiger partial charge in [-0.15, -0.1) is 13.2 Å². The van der Waals surface area contributed by atoms with Crippen molar-refractivity contribution in [3.8, 4) is 22.9 Å². The van der Waals surface area contributed by atoms with E-state index in [0.717, 1.165) is 48.4 Å². The molecule has 1 fully saturated rings. The van der Waals surface area contributed by atoms with E-state index in [0.29, 0.717) is 17.3 Å². The highest BCUT2D eigenvalue weighted by Gasteiger charge is 2.31. The second-order valence-electron chi connectivity index (χ2n) is 8.02. The molecule has 7 nitrogen and oxygen atoms in total. The number of rotatable bonds is 5. The summed E-state index contributed by atoms with van der Waals surface area (Å²) in [7, 11) is 1.64. The Morgan fingerprint density at radius 3 is 2.38 bits per heavy atom. The van der Waals surface area contributed by atoms with Crippen molar-refractivity contribution in [3.63, 3.8) is 0 Å². The second kappa shape index (κ2) is 8.85. The molecule has 4 aromatic rings. The summed E-state index contributed by atoms with van der Waals surface area (Å²) in [6.07, 6.45) is -3.09. The molecule has 3 heterocycles. The molecule has 0 amide bonds. The minimum atomic E-state index is -4.73. The number of ether oxygens (including phenoxy) is 2. The number of piperidine rings is 1. The van der Waals surface area contributed by atoms with Crippen LogP contribution >= 0.6 is 0 Å². The Balaban J connectivity index is 1.23. The normalized spacial score (nSPS) is 15.0. The lowest BCUT2D eigenvalue weighted by Gasteiger charge is -2.31. The number of methoxy groups -OCH3 is 1. The van der Waals surface area contributed by atoms with Gasteiger partial charge in [0.15, 0.2) is 0 Å². The van der Waals surface area contributed by atoms with E-state index >= 15 is 0 Å². The van der Waals surface area contributed by atoms with Crippen molar-refractivity contribution in [3.05, 3.63) is 60.5 Å². The van der Waals surface area contributed by atoms with Crippen molar-refractivity contribution in [1.29, 1.82) is 0 Å². The molecule has 2 aromatic carbocycles. The molecule has 1 aliphatic heterocycles. The molecule has 0 aliphatic carbocycles. The molecule has 0 saturated carbocycles. The quantitative estimate of drug-likeness (QED) is 0.377. The minimum absolute atomic E-state index is 0.107. The standard InChI is InChI=1S/C24H21F3N4O3/c1-32-19-7-8-20-17(14-19)4-9-21(28-20)31-12-10-16(11-13-31)23-29-22(30-34-23)15-2-5-18(6-3-15)33-24(25,26)27/h2-9,14,16H,10-13H2,1H3. The van der Waals surface area contributed by atoms with E-state index in [1.54, 1.807) is 7.11 Å². The SMILES string of the molecule is COc1ccc2nc(N3CCC(c4nc(-c5ccc(OC(F)(F)F)cc5)no4)CC3)ccc2c1. The maximum Gasteiger partial charge on any atom is 0.573 e. The fourth-order valence-corrected chi connectivity index (χ4v) is 4.08. The number of fused-ring (bicyclic) bond motifs is 1. The molecule has 0 atom stereocenters. The number of anilines is 1. The van der Waals surface area contributed by atoms with Crippen LogP contribution in [0.3, 0.4) is 0 Å². The average molecular weight is 470 g/mol. The molecular formula is C24H21F3N4O3. The monoisotopic (exact) mass is 470 g/mol. The first-order valence-corrected chi connectivity index (χ1v) is 10.8. The number of alkyl halides is 3. The summed E-state index contributed by atoms with van der Waals surface area (Å²) in [5.74, 6) is 2.39. The zero-order chi connectivity index (χ0) is 23.7. The third-order valence-electron chi connectivity index (χ3n) is 5.84. The second-order valence-corrected chi connectivity index (χ2v) is 8.02. The van der Waals surface area contributed by atoms with Gasteiger partial charge in [0.1, 0.15) is 17.3 Å². The minimum Gasteiger partial charge on any atom is -0.497 e. The van der Waals surface area contributed by atoms with Gasteiger partial charge in [-0.05, 0) is 67.4 Å². The van der Waals surface area contributed by atoms with Gasteiger partial charge in [0.2, 0.25) is 11.7 Å². The van der Waals surface area contributed by atoms with Crippen LogP contribution in [0.2, 0.25) is 0 Å². The smallest absolute Gasteiger partial charge is 0.497 e. The van der Waals surface area contributed by atoms with Crippen molar-refractivity contribution >= 4 is 16.7 Å². The molecular weight excluding hydrogens is 449 g/mol. The van der Waals surface area contributed by atoms with Crippen LogP contribution in [-0.2, 0) is 0 Å². The largest absolute Gasteiger partial charge is 0.573 e. The van der Waals surface area contributed by atoms with Crippen LogP contribution < -0.4 is 14.4 Å². The van der Waals surface area contributed by atoms with Gasteiger partial charge in [0.05, 0.1) is 12.6 Å². The van der Waals surface area contributed by atoms with E-state index in [1.807, 2.05) is 30.3 Å². The van der Waals surface area contributed by atoms with Gasteiger partial charge < -0.3 is 18.9 Å². The molecule has 0 N–H and O–H groups in total. The summed E-state index contributed by atoms with van der Waals surface area (Å²) in [4.78, 5) is 11.5. The van der Waals surface area contributed by atoms with Gasteiger partial charge in [-0.1, -0.05) is 5.16 Å². The number of benzene rings is 2. The first kappa shape index (κ1) is 22.0. The third-order valence-corrected chi connectivity index (χ3v) is 5.84. The summed E-state index contributed by atoms with van der Waals surface area (Å²) in [5.41, 5.74) is 1.47. The summed E-state index contributed by atoms with van der Waals surface area (Å²) >= 11 is 0. The van der Waals surface area contributed by atoms with E-state index in [9.17, 15) is 13.2 Å². The van der Waals surface area contributed by atoms with Gasteiger partial charge in [-0.25, -0.2) is 4.98 Å². The predicted octanol–water partition coefficient (Wildman–Crippen LogP) is 5.58. The molecule has 34 heavy (non-hydrogen) atoms. The maximum atomic E-state index is 12.3. The van der Waals surface area contributed by atoms with Crippen LogP contribution in [0.25, 0.3) is 22.3 Å². The highest BCUT2D eigenvalue weighted by atomic mass is 19.4. The van der Waals surface area contributed by atoms with E-state index in [1.165, 1.54) is 24.3 Å². The van der Waals surface area contributed by atoms with E-state index in [-0.39, 0.29) is 11.7 Å². The molecule has 176 valence electrons. The van der Waals surface area contributed by atoms with Crippen molar-refractivity contribution in [2.45, 2.75) is 25.1 Å². The van der Waals surface area contributed by atoms with Gasteiger partial charge in [-0.3, -0.25) is 0 Å². The van der Waals surface area contributed by atoms with Crippen LogP contribution in [0.4, 0.5) is 19.0 Å². The summed E-state index contributed by atoms with van der Waals surface area (Å²) in [6.45, 7) is 1.58. The zero-order valence-electron chi connectivity index (χ0n) is 18.2. The lowest BCUT2D eigenvalue weighted by Crippen LogP contribution is -2.33. The fraction of sp³-hybridized carbons (Fsp3) is 0.292. The molecule has 1 aliphatic rings. The Labute approximate surface area is 193 Å². The third kappa shape index (κ3) is 4.75. The average Bonchev–Trinajstić information content (AvgIpc) is 3.33. The highest BCUT2D eigenvalue weighted by Crippen LogP contribution is 2.32. The van der Waals surface area contributed by atoms with Crippen LogP contribution in [0, 0.1) is 0 Å². The predicted molar refractivity (Wildman–Crippen MR) is 119 cm³/mol. The molecule has 5 rings (SSSR count). The Morgan fingerprint density at radius 1 is 0.941 bits per heavy atom. The Bertz CT molecular complexity index is 1280. The van der Waals surface area contributed by atoms with E-state index in [4.69, 9.17) is 14.2 Å². The summed E-state index contributed by atoms with van der Waals surface area (Å²) in [5, 5.41) is 5.03. The van der Waals surface area contributed by atoms with Crippen LogP contribution in [0.1, 0.15) is 24.7 Å². The van der Waals surface area contributed by atoms with Crippen LogP contribution in [-0.4, -0.2) is 41.7 Å². The lowest BCUT2D eigenvalue weighted by atomic mass is 9.96. The Kier molecular flexibility index (Phi) is 5.72. The fourth-order valence-electron chi connectivity index (χ4n) is 4.08. The number of halogens is 3. The van der Waals surface area contributed by atoms with Crippen LogP contribution in [0.15, 0.2) is 59.1 Å². The molecule has 1 saturated heterocycles. The number of hydrogen-bond donors (Lipinski definition) is 0. The Hall–Kier alpha value is -3.82. The van der Waals surface area contributed by atoms with Crippen LogP contribution in [0.5, 0.6) is 11.5 Å². The number of aromatic nitrogens is 3. The maximum absolute atomic E-state index is 12.3. The number of pyridine rings is 1. The summed E-state index contributed by atoms with van der Waals surface area (Å²) in [6, 6.07) is 15.3. The summed E-state index contributed by atoms with van der Waals surface area (Å²) < 4.78 is 51.6. The van der Waals surface area contributed by atoms with Gasteiger partial charge in [0.25, 0.3) is 0 Å². The van der Waals surface area contributed by atoms with Gasteiger partial charge >= 0.3 is 6.36 Å². The topological polar surface area (TPSA) is 73.5 Å². The molecule has 0 spiro atoms. The Morgan fingerprint density at radius 2 is 1.68 bits per heavy atom. The van der Waals surface area contributed by atoms with E-state index < -0.39 is 6.36 Å². The van der Waals surface area contributed by atoms with Crippen molar-refractivity contribution in [2.75, 3.05) is 25.1 Å². The lowest BCUT2D eigenvalue weighted by molar-refractivity contribution is -0.274. The first-order chi connectivity index (χ1) is 16.4. The van der Waals surface area contributed by atoms with Crippen molar-refractivity contribution in [1.82, 2.24) is 15.1 Å². The molecule has 0 bridgehead atoms. The number of hydrogen-bond acceptors (Lipinski definition) is 7. The molecule has 2 aromatic heterocycles. The molecule has 0 radical (unpaired) electrons. The highest BCUT2D eigenvalue weighted by molar-refractivity contribution is 5.81. The van der Waals surface area contributed by atoms with Gasteiger partial charge in [-0.2, -0.15) is 4.98 Å². The zero-order valence-corrected chi connectivity index (χ0v) is 18.2. The van der Waals surface area contributed by atoms with E-state index in [2.05, 4.69) is 19.8 Å². The number of nitrogens with zero attached hydrogens (tertiary/aromatic N) is 4. The molecule has 10 heteroatoms. The molecule has 0 unspecified atom stereocenters. The van der Waals surface area contributed by atoms with Crippen molar-refractivity contribution in [2.24, 2.45) is 0 Å². The van der Waals surface area contributed by atoms with Crippen molar-refractivity contribution < 1.29 is 27.2 Å². The first-order valence-electron chi connectivity index (χ1n) is 10.8.